The Balaban J connectivity index is 2.21. The molecule has 1 saturated heterocycles. The van der Waals surface area contributed by atoms with Crippen molar-refractivity contribution in [2.45, 2.75) is 12.5 Å². The average Bonchev–Trinajstić information content (AvgIpc) is 2.73. The summed E-state index contributed by atoms with van der Waals surface area (Å²) in [5.74, 6) is 0. The van der Waals surface area contributed by atoms with E-state index in [4.69, 9.17) is 0 Å². The summed E-state index contributed by atoms with van der Waals surface area (Å²) in [6, 6.07) is 5.34. The standard InChI is InChI=1S/C10H12BrN3O2/c11-7-1-2-9(10(5-7)14(15)16)13-8-3-4-12-6-8/h1-2,5,8,12-13H,3-4,6H2/t8-/m0/s1. The van der Waals surface area contributed by atoms with Gasteiger partial charge in [0.2, 0.25) is 0 Å². The van der Waals surface area contributed by atoms with E-state index in [2.05, 4.69) is 26.6 Å². The van der Waals surface area contributed by atoms with Gasteiger partial charge >= 0.3 is 0 Å². The van der Waals surface area contributed by atoms with Crippen LogP contribution in [0.1, 0.15) is 6.42 Å². The van der Waals surface area contributed by atoms with Gasteiger partial charge in [0.05, 0.1) is 4.92 Å². The quantitative estimate of drug-likeness (QED) is 0.660. The van der Waals surface area contributed by atoms with Crippen molar-refractivity contribution in [1.82, 2.24) is 5.32 Å². The average molecular weight is 286 g/mol. The van der Waals surface area contributed by atoms with Crippen LogP contribution in [0, 0.1) is 10.1 Å². The molecule has 2 N–H and O–H groups in total. The Labute approximate surface area is 102 Å². The molecule has 1 heterocycles. The summed E-state index contributed by atoms with van der Waals surface area (Å²) in [5, 5.41) is 17.3. The molecule has 0 amide bonds. The number of nitrogens with one attached hydrogen (secondary N) is 2. The second-order valence-corrected chi connectivity index (χ2v) is 4.67. The first-order valence-electron chi connectivity index (χ1n) is 5.08. The summed E-state index contributed by atoms with van der Waals surface area (Å²) in [5.41, 5.74) is 0.697. The molecule has 0 spiro atoms. The Bertz CT molecular complexity index is 405. The maximum atomic E-state index is 10.9. The smallest absolute Gasteiger partial charge is 0.293 e. The van der Waals surface area contributed by atoms with Crippen LogP contribution < -0.4 is 10.6 Å². The molecule has 0 radical (unpaired) electrons. The third kappa shape index (κ3) is 2.51. The van der Waals surface area contributed by atoms with E-state index in [0.717, 1.165) is 19.5 Å². The molecule has 0 aromatic heterocycles. The van der Waals surface area contributed by atoms with Crippen LogP contribution in [-0.2, 0) is 0 Å². The second-order valence-electron chi connectivity index (χ2n) is 3.75. The summed E-state index contributed by atoms with van der Waals surface area (Å²) in [7, 11) is 0. The first kappa shape index (κ1) is 11.3. The number of nitrogens with zero attached hydrogens (tertiary/aromatic N) is 1. The van der Waals surface area contributed by atoms with Gasteiger partial charge < -0.3 is 10.6 Å². The molecule has 16 heavy (non-hydrogen) atoms. The normalized spacial score (nSPS) is 19.7. The van der Waals surface area contributed by atoms with E-state index in [-0.39, 0.29) is 16.7 Å². The minimum Gasteiger partial charge on any atom is -0.375 e. The molecule has 0 bridgehead atoms. The molecule has 1 aliphatic heterocycles. The fourth-order valence-electron chi connectivity index (χ4n) is 1.78. The van der Waals surface area contributed by atoms with Crippen molar-refractivity contribution >= 4 is 27.3 Å². The fourth-order valence-corrected chi connectivity index (χ4v) is 2.12. The van der Waals surface area contributed by atoms with Gasteiger partial charge in [-0.1, -0.05) is 15.9 Å². The van der Waals surface area contributed by atoms with Crippen molar-refractivity contribution in [3.8, 4) is 0 Å². The summed E-state index contributed by atoms with van der Waals surface area (Å²) in [6.45, 7) is 1.81. The summed E-state index contributed by atoms with van der Waals surface area (Å²) < 4.78 is 0.717. The molecule has 2 rings (SSSR count). The van der Waals surface area contributed by atoms with Crippen LogP contribution in [0.2, 0.25) is 0 Å². The van der Waals surface area contributed by atoms with Crippen LogP contribution in [0.5, 0.6) is 0 Å². The molecular formula is C10H12BrN3O2. The van der Waals surface area contributed by atoms with Crippen LogP contribution in [0.4, 0.5) is 11.4 Å². The zero-order valence-electron chi connectivity index (χ0n) is 8.57. The highest BCUT2D eigenvalue weighted by Gasteiger charge is 2.19. The van der Waals surface area contributed by atoms with Gasteiger partial charge in [0.15, 0.2) is 0 Å². The molecule has 1 fully saturated rings. The van der Waals surface area contributed by atoms with E-state index in [0.29, 0.717) is 10.2 Å². The lowest BCUT2D eigenvalue weighted by molar-refractivity contribution is -0.384. The van der Waals surface area contributed by atoms with Crippen LogP contribution in [0.3, 0.4) is 0 Å². The minimum absolute atomic E-state index is 0.112. The molecule has 1 aliphatic rings. The monoisotopic (exact) mass is 285 g/mol. The van der Waals surface area contributed by atoms with Crippen molar-refractivity contribution < 1.29 is 4.92 Å². The molecule has 0 aliphatic carbocycles. The van der Waals surface area contributed by atoms with Gasteiger partial charge in [-0.25, -0.2) is 0 Å². The summed E-state index contributed by atoms with van der Waals surface area (Å²) in [4.78, 5) is 10.5. The van der Waals surface area contributed by atoms with Gasteiger partial charge in [-0.3, -0.25) is 10.1 Å². The first-order chi connectivity index (χ1) is 7.66. The summed E-state index contributed by atoms with van der Waals surface area (Å²) in [6.07, 6.45) is 0.993. The molecule has 86 valence electrons. The minimum atomic E-state index is -0.366. The molecule has 1 aromatic carbocycles. The fraction of sp³-hybridized carbons (Fsp3) is 0.400. The molecule has 6 heteroatoms. The number of benzene rings is 1. The predicted octanol–water partition coefficient (Wildman–Crippen LogP) is 2.13. The van der Waals surface area contributed by atoms with Gasteiger partial charge in [0.1, 0.15) is 5.69 Å². The Hall–Kier alpha value is -1.14. The summed E-state index contributed by atoms with van der Waals surface area (Å²) >= 11 is 3.23. The molecule has 0 unspecified atom stereocenters. The highest BCUT2D eigenvalue weighted by atomic mass is 79.9. The van der Waals surface area contributed by atoms with Crippen molar-refractivity contribution in [2.75, 3.05) is 18.4 Å². The maximum absolute atomic E-state index is 10.9. The topological polar surface area (TPSA) is 67.2 Å². The number of halogens is 1. The lowest BCUT2D eigenvalue weighted by Crippen LogP contribution is -2.22. The molecule has 1 aromatic rings. The zero-order valence-corrected chi connectivity index (χ0v) is 10.2. The lowest BCUT2D eigenvalue weighted by atomic mass is 10.2. The number of nitro groups is 1. The Morgan fingerprint density at radius 2 is 2.38 bits per heavy atom. The van der Waals surface area contributed by atoms with Gasteiger partial charge in [-0.05, 0) is 25.1 Å². The number of nitro benzene ring substituents is 1. The number of rotatable bonds is 3. The van der Waals surface area contributed by atoms with Crippen molar-refractivity contribution in [2.24, 2.45) is 0 Å². The van der Waals surface area contributed by atoms with Crippen LogP contribution in [0.25, 0.3) is 0 Å². The van der Waals surface area contributed by atoms with Crippen molar-refractivity contribution in [3.63, 3.8) is 0 Å². The number of hydrogen-bond acceptors (Lipinski definition) is 4. The zero-order chi connectivity index (χ0) is 11.5. The molecular weight excluding hydrogens is 274 g/mol. The van der Waals surface area contributed by atoms with E-state index in [9.17, 15) is 10.1 Å². The Morgan fingerprint density at radius 1 is 1.56 bits per heavy atom. The Morgan fingerprint density at radius 3 is 3.00 bits per heavy atom. The second kappa shape index (κ2) is 4.80. The van der Waals surface area contributed by atoms with Gasteiger partial charge in [-0.15, -0.1) is 0 Å². The van der Waals surface area contributed by atoms with Crippen LogP contribution in [-0.4, -0.2) is 24.1 Å². The van der Waals surface area contributed by atoms with Crippen LogP contribution in [0.15, 0.2) is 22.7 Å². The van der Waals surface area contributed by atoms with E-state index in [1.54, 1.807) is 12.1 Å². The molecule has 1 atom stereocenters. The van der Waals surface area contributed by atoms with E-state index >= 15 is 0 Å². The van der Waals surface area contributed by atoms with E-state index in [1.807, 2.05) is 0 Å². The van der Waals surface area contributed by atoms with E-state index < -0.39 is 0 Å². The predicted molar refractivity (Wildman–Crippen MR) is 65.7 cm³/mol. The van der Waals surface area contributed by atoms with Gasteiger partial charge in [-0.2, -0.15) is 0 Å². The van der Waals surface area contributed by atoms with Gasteiger partial charge in [0.25, 0.3) is 5.69 Å². The molecule has 0 saturated carbocycles. The van der Waals surface area contributed by atoms with Gasteiger partial charge in [0, 0.05) is 23.1 Å². The Kier molecular flexibility index (Phi) is 3.40. The highest BCUT2D eigenvalue weighted by Crippen LogP contribution is 2.28. The van der Waals surface area contributed by atoms with Crippen molar-refractivity contribution in [3.05, 3.63) is 32.8 Å². The first-order valence-corrected chi connectivity index (χ1v) is 5.87. The third-order valence-electron chi connectivity index (χ3n) is 2.58. The largest absolute Gasteiger partial charge is 0.375 e. The van der Waals surface area contributed by atoms with Crippen molar-refractivity contribution in [1.29, 1.82) is 0 Å². The SMILES string of the molecule is O=[N+]([O-])c1cc(Br)ccc1N[C@H]1CCNC1. The van der Waals surface area contributed by atoms with E-state index in [1.165, 1.54) is 6.07 Å². The maximum Gasteiger partial charge on any atom is 0.293 e. The van der Waals surface area contributed by atoms with Crippen LogP contribution >= 0.6 is 15.9 Å². The third-order valence-corrected chi connectivity index (χ3v) is 3.07. The number of anilines is 1. The molecule has 5 nitrogen and oxygen atoms in total. The number of hydrogen-bond donors (Lipinski definition) is 2. The lowest BCUT2D eigenvalue weighted by Gasteiger charge is -2.12. The highest BCUT2D eigenvalue weighted by molar-refractivity contribution is 9.10.